The van der Waals surface area contributed by atoms with E-state index < -0.39 is 36.1 Å². The largest absolute Gasteiger partial charge is 0.296 e. The topological polar surface area (TPSA) is 132 Å². The lowest BCUT2D eigenvalue weighted by Crippen LogP contribution is -2.24. The van der Waals surface area contributed by atoms with E-state index in [0.717, 1.165) is 12.1 Å². The maximum Gasteiger partial charge on any atom is 0.296 e. The molecule has 0 unspecified atom stereocenters. The maximum absolute atomic E-state index is 12.2. The molecule has 0 aliphatic rings. The minimum atomic E-state index is -4.19. The normalized spacial score (nSPS) is 11.1. The van der Waals surface area contributed by atoms with Gasteiger partial charge in [0.1, 0.15) is 0 Å². The van der Waals surface area contributed by atoms with E-state index in [0.29, 0.717) is 11.6 Å². The first kappa shape index (κ1) is 16.5. The predicted molar refractivity (Wildman–Crippen MR) is 80.2 cm³/mol. The van der Waals surface area contributed by atoms with Crippen LogP contribution in [0, 0.1) is 20.2 Å². The number of benzene rings is 2. The van der Waals surface area contributed by atoms with Gasteiger partial charge in [-0.2, -0.15) is 0 Å². The van der Waals surface area contributed by atoms with Crippen molar-refractivity contribution in [2.75, 3.05) is 0 Å². The van der Waals surface area contributed by atoms with Crippen LogP contribution >= 0.6 is 0 Å². The quantitative estimate of drug-likeness (QED) is 0.633. The zero-order valence-electron chi connectivity index (χ0n) is 11.6. The fourth-order valence-electron chi connectivity index (χ4n) is 1.84. The van der Waals surface area contributed by atoms with Gasteiger partial charge in [-0.1, -0.05) is 30.3 Å². The molecule has 0 amide bonds. The summed E-state index contributed by atoms with van der Waals surface area (Å²) in [6, 6.07) is 11.0. The summed E-state index contributed by atoms with van der Waals surface area (Å²) in [4.78, 5) is 19.3. The van der Waals surface area contributed by atoms with Crippen LogP contribution in [0.5, 0.6) is 0 Å². The second-order valence-electron chi connectivity index (χ2n) is 4.48. The minimum absolute atomic E-state index is 0.0582. The zero-order valence-corrected chi connectivity index (χ0v) is 12.4. The van der Waals surface area contributed by atoms with Gasteiger partial charge in [-0.3, -0.25) is 20.2 Å². The molecule has 0 saturated heterocycles. The van der Waals surface area contributed by atoms with Crippen molar-refractivity contribution in [3.05, 3.63) is 74.3 Å². The van der Waals surface area contributed by atoms with Gasteiger partial charge in [0.25, 0.3) is 11.4 Å². The number of nitrogens with one attached hydrogen (secondary N) is 1. The molecular formula is C13H11N3O6S. The Balaban J connectivity index is 2.35. The Kier molecular flexibility index (Phi) is 4.67. The average molecular weight is 337 g/mol. The molecule has 10 heteroatoms. The van der Waals surface area contributed by atoms with Crippen LogP contribution in [-0.2, 0) is 16.6 Å². The first-order valence-electron chi connectivity index (χ1n) is 6.27. The van der Waals surface area contributed by atoms with Gasteiger partial charge in [0.15, 0.2) is 4.90 Å². The first-order chi connectivity index (χ1) is 10.8. The molecular weight excluding hydrogens is 326 g/mol. The second kappa shape index (κ2) is 6.50. The summed E-state index contributed by atoms with van der Waals surface area (Å²) in [6.07, 6.45) is 0. The Morgan fingerprint density at radius 1 is 0.957 bits per heavy atom. The molecule has 0 heterocycles. The number of rotatable bonds is 6. The molecule has 2 aromatic rings. The number of non-ortho nitro benzene ring substituents is 1. The van der Waals surface area contributed by atoms with Gasteiger partial charge in [0.2, 0.25) is 10.0 Å². The van der Waals surface area contributed by atoms with Gasteiger partial charge in [-0.05, 0) is 11.6 Å². The molecule has 1 N–H and O–H groups in total. The fraction of sp³-hybridized carbons (Fsp3) is 0.0769. The third-order valence-electron chi connectivity index (χ3n) is 2.95. The molecule has 0 spiro atoms. The van der Waals surface area contributed by atoms with Gasteiger partial charge in [0.05, 0.1) is 15.9 Å². The van der Waals surface area contributed by atoms with Crippen LogP contribution in [0.1, 0.15) is 5.56 Å². The highest BCUT2D eigenvalue weighted by atomic mass is 32.2. The van der Waals surface area contributed by atoms with Crippen molar-refractivity contribution in [3.8, 4) is 0 Å². The van der Waals surface area contributed by atoms with Crippen LogP contribution < -0.4 is 4.72 Å². The SMILES string of the molecule is O=[N+]([O-])c1ccc(S(=O)(=O)NCc2ccccc2)c([N+](=O)[O-])c1. The Bertz CT molecular complexity index is 851. The Labute approximate surface area is 130 Å². The lowest BCUT2D eigenvalue weighted by molar-refractivity contribution is -0.396. The maximum atomic E-state index is 12.2. The van der Waals surface area contributed by atoms with E-state index in [2.05, 4.69) is 4.72 Å². The van der Waals surface area contributed by atoms with Crippen LogP contribution in [0.15, 0.2) is 53.4 Å². The molecule has 0 radical (unpaired) electrons. The van der Waals surface area contributed by atoms with E-state index in [1.807, 2.05) is 0 Å². The highest BCUT2D eigenvalue weighted by molar-refractivity contribution is 7.89. The van der Waals surface area contributed by atoms with Crippen molar-refractivity contribution in [1.82, 2.24) is 4.72 Å². The number of nitro groups is 2. The van der Waals surface area contributed by atoms with Crippen LogP contribution in [0.4, 0.5) is 11.4 Å². The number of hydrogen-bond donors (Lipinski definition) is 1. The summed E-state index contributed by atoms with van der Waals surface area (Å²) in [5.74, 6) is 0. The molecule has 0 atom stereocenters. The van der Waals surface area contributed by atoms with Crippen LogP contribution in [0.25, 0.3) is 0 Å². The van der Waals surface area contributed by atoms with Gasteiger partial charge in [-0.25, -0.2) is 13.1 Å². The van der Waals surface area contributed by atoms with Crippen LogP contribution in [-0.4, -0.2) is 18.3 Å². The summed E-state index contributed by atoms with van der Waals surface area (Å²) in [7, 11) is -4.19. The monoisotopic (exact) mass is 337 g/mol. The second-order valence-corrected chi connectivity index (χ2v) is 6.21. The zero-order chi connectivity index (χ0) is 17.0. The van der Waals surface area contributed by atoms with E-state index in [4.69, 9.17) is 0 Å². The van der Waals surface area contributed by atoms with Crippen molar-refractivity contribution in [2.24, 2.45) is 0 Å². The van der Waals surface area contributed by atoms with Gasteiger partial charge < -0.3 is 0 Å². The van der Waals surface area contributed by atoms with E-state index >= 15 is 0 Å². The molecule has 0 saturated carbocycles. The first-order valence-corrected chi connectivity index (χ1v) is 7.76. The minimum Gasteiger partial charge on any atom is -0.258 e. The Morgan fingerprint density at radius 3 is 2.17 bits per heavy atom. The van der Waals surface area contributed by atoms with E-state index in [9.17, 15) is 28.6 Å². The van der Waals surface area contributed by atoms with E-state index in [-0.39, 0.29) is 6.54 Å². The highest BCUT2D eigenvalue weighted by Crippen LogP contribution is 2.28. The summed E-state index contributed by atoms with van der Waals surface area (Å²) >= 11 is 0. The molecule has 9 nitrogen and oxygen atoms in total. The van der Waals surface area contributed by atoms with Gasteiger partial charge >= 0.3 is 0 Å². The number of sulfonamides is 1. The van der Waals surface area contributed by atoms with E-state index in [1.54, 1.807) is 30.3 Å². The molecule has 120 valence electrons. The fourth-order valence-corrected chi connectivity index (χ4v) is 3.01. The third kappa shape index (κ3) is 3.87. The highest BCUT2D eigenvalue weighted by Gasteiger charge is 2.28. The number of hydrogen-bond acceptors (Lipinski definition) is 6. The van der Waals surface area contributed by atoms with Crippen molar-refractivity contribution in [1.29, 1.82) is 0 Å². The summed E-state index contributed by atoms with van der Waals surface area (Å²) in [5, 5.41) is 21.7. The lowest BCUT2D eigenvalue weighted by Gasteiger charge is -2.07. The number of nitro benzene ring substituents is 2. The lowest BCUT2D eigenvalue weighted by atomic mass is 10.2. The van der Waals surface area contributed by atoms with Gasteiger partial charge in [0, 0.05) is 12.6 Å². The standard InChI is InChI=1S/C13H11N3O6S/c17-15(18)11-6-7-13(12(8-11)16(19)20)23(21,22)14-9-10-4-2-1-3-5-10/h1-8,14H,9H2. The number of nitrogens with zero attached hydrogens (tertiary/aromatic N) is 2. The van der Waals surface area contributed by atoms with Crippen molar-refractivity contribution < 1.29 is 18.3 Å². The molecule has 0 aromatic heterocycles. The summed E-state index contributed by atoms with van der Waals surface area (Å²) in [6.45, 7) is -0.0582. The van der Waals surface area contributed by atoms with Crippen molar-refractivity contribution >= 4 is 21.4 Å². The third-order valence-corrected chi connectivity index (χ3v) is 4.40. The molecule has 2 aromatic carbocycles. The van der Waals surface area contributed by atoms with Crippen LogP contribution in [0.3, 0.4) is 0 Å². The van der Waals surface area contributed by atoms with E-state index in [1.165, 1.54) is 0 Å². The average Bonchev–Trinajstić information content (AvgIpc) is 2.53. The van der Waals surface area contributed by atoms with Crippen LogP contribution in [0.2, 0.25) is 0 Å². The smallest absolute Gasteiger partial charge is 0.258 e. The summed E-state index contributed by atoms with van der Waals surface area (Å²) < 4.78 is 26.7. The van der Waals surface area contributed by atoms with Crippen molar-refractivity contribution in [2.45, 2.75) is 11.4 Å². The molecule has 0 bridgehead atoms. The Hall–Kier alpha value is -2.85. The predicted octanol–water partition coefficient (Wildman–Crippen LogP) is 1.98. The molecule has 2 rings (SSSR count). The molecule has 0 aliphatic heterocycles. The molecule has 0 fully saturated rings. The molecule has 23 heavy (non-hydrogen) atoms. The summed E-state index contributed by atoms with van der Waals surface area (Å²) in [5.41, 5.74) is -0.737. The Morgan fingerprint density at radius 2 is 1.61 bits per heavy atom. The molecule has 0 aliphatic carbocycles. The van der Waals surface area contributed by atoms with Gasteiger partial charge in [-0.15, -0.1) is 0 Å². The van der Waals surface area contributed by atoms with Crippen molar-refractivity contribution in [3.63, 3.8) is 0 Å².